The molecule has 1 saturated carbocycles. The van der Waals surface area contributed by atoms with E-state index in [2.05, 4.69) is 20.0 Å². The van der Waals surface area contributed by atoms with Crippen molar-refractivity contribution in [3.63, 3.8) is 0 Å². The Morgan fingerprint density at radius 3 is 2.33 bits per heavy atom. The number of aromatic nitrogens is 2. The lowest BCUT2D eigenvalue weighted by Gasteiger charge is -2.22. The summed E-state index contributed by atoms with van der Waals surface area (Å²) in [5.74, 6) is -0.260. The van der Waals surface area contributed by atoms with Gasteiger partial charge in [-0.3, -0.25) is 4.79 Å². The van der Waals surface area contributed by atoms with Gasteiger partial charge in [0, 0.05) is 12.2 Å². The number of ketones is 1. The van der Waals surface area contributed by atoms with Crippen molar-refractivity contribution in [1.82, 2.24) is 9.97 Å². The van der Waals surface area contributed by atoms with Crippen LogP contribution >= 0.6 is 0 Å². The van der Waals surface area contributed by atoms with Crippen LogP contribution in [0.15, 0.2) is 24.4 Å². The molecule has 0 spiro atoms. The Hall–Kier alpha value is -3.43. The van der Waals surface area contributed by atoms with E-state index in [4.69, 9.17) is 16.2 Å². The van der Waals surface area contributed by atoms with Gasteiger partial charge in [0.15, 0.2) is 0 Å². The second kappa shape index (κ2) is 11.4. The number of nitrogens with two attached hydrogens (primary N) is 2. The molecule has 1 aliphatic rings. The normalized spacial score (nSPS) is 14.0. The van der Waals surface area contributed by atoms with Gasteiger partial charge in [0.1, 0.15) is 23.0 Å². The number of nitrogen functional groups attached to an aromatic ring is 1. The number of nitrogens with one attached hydrogen (secondary N) is 1. The predicted molar refractivity (Wildman–Crippen MR) is 124 cm³/mol. The number of hydrogen-bond acceptors (Lipinski definition) is 8. The van der Waals surface area contributed by atoms with Crippen LogP contribution in [0.25, 0.3) is 0 Å². The molecule has 1 aromatic carbocycles. The standard InChI is InChI=1S/C18H21FN4O2.C5H11NO2/c1-25-15-8-7-11(19)9-13(15)16(24)14-10-21-18(23-17(14)20)22-12-5-3-2-4-6-12;1-5(2,3)8-4(6)7/h7-10,12H,2-6H2,1H3,(H3,20,21,22,23);1-3H3,(H2,6,7). The second-order valence-electron chi connectivity index (χ2n) is 8.68. The Labute approximate surface area is 193 Å². The van der Waals surface area contributed by atoms with E-state index in [1.54, 1.807) is 20.8 Å². The van der Waals surface area contributed by atoms with Gasteiger partial charge >= 0.3 is 6.09 Å². The number of methoxy groups -OCH3 is 1. The number of rotatable bonds is 5. The largest absolute Gasteiger partial charge is 0.496 e. The van der Waals surface area contributed by atoms with Gasteiger partial charge in [0.25, 0.3) is 0 Å². The molecule has 0 aliphatic heterocycles. The molecule has 1 amide bonds. The minimum atomic E-state index is -0.725. The van der Waals surface area contributed by atoms with Crippen LogP contribution in [0, 0.1) is 5.82 Å². The molecule has 0 unspecified atom stereocenters. The second-order valence-corrected chi connectivity index (χ2v) is 8.68. The molecule has 0 radical (unpaired) electrons. The van der Waals surface area contributed by atoms with Crippen molar-refractivity contribution >= 4 is 23.6 Å². The van der Waals surface area contributed by atoms with Gasteiger partial charge in [-0.25, -0.2) is 14.2 Å². The fourth-order valence-corrected chi connectivity index (χ4v) is 3.37. The maximum Gasteiger partial charge on any atom is 0.405 e. The van der Waals surface area contributed by atoms with E-state index >= 15 is 0 Å². The van der Waals surface area contributed by atoms with Crippen molar-refractivity contribution in [1.29, 1.82) is 0 Å². The summed E-state index contributed by atoms with van der Waals surface area (Å²) in [5, 5.41) is 3.26. The van der Waals surface area contributed by atoms with E-state index in [9.17, 15) is 14.0 Å². The molecule has 10 heteroatoms. The molecule has 1 fully saturated rings. The summed E-state index contributed by atoms with van der Waals surface area (Å²) < 4.78 is 23.2. The van der Waals surface area contributed by atoms with Gasteiger partial charge in [-0.1, -0.05) is 19.3 Å². The SMILES string of the molecule is CC(C)(C)OC(N)=O.COc1ccc(F)cc1C(=O)c1cnc(NC2CCCCC2)nc1N. The van der Waals surface area contributed by atoms with Crippen molar-refractivity contribution in [2.45, 2.75) is 64.5 Å². The number of carbonyl (C=O) groups is 2. The summed E-state index contributed by atoms with van der Waals surface area (Å²) in [6.45, 7) is 5.28. The summed E-state index contributed by atoms with van der Waals surface area (Å²) in [4.78, 5) is 31.1. The first-order valence-electron chi connectivity index (χ1n) is 10.8. The zero-order chi connectivity index (χ0) is 24.6. The zero-order valence-corrected chi connectivity index (χ0v) is 19.5. The minimum absolute atomic E-state index is 0.0598. The quantitative estimate of drug-likeness (QED) is 0.566. The lowest BCUT2D eigenvalue weighted by Crippen LogP contribution is -2.27. The maximum atomic E-state index is 13.5. The first-order chi connectivity index (χ1) is 15.5. The molecule has 5 N–H and O–H groups in total. The number of benzene rings is 1. The van der Waals surface area contributed by atoms with Crippen LogP contribution in [0.5, 0.6) is 5.75 Å². The van der Waals surface area contributed by atoms with Gasteiger partial charge in [-0.05, 0) is 51.8 Å². The molecule has 1 aromatic heterocycles. The first-order valence-corrected chi connectivity index (χ1v) is 10.8. The molecule has 1 heterocycles. The Bertz CT molecular complexity index is 972. The van der Waals surface area contributed by atoms with E-state index in [-0.39, 0.29) is 22.7 Å². The lowest BCUT2D eigenvalue weighted by molar-refractivity contribution is 0.0600. The van der Waals surface area contributed by atoms with Crippen LogP contribution in [0.1, 0.15) is 68.8 Å². The maximum absolute atomic E-state index is 13.5. The molecule has 0 atom stereocenters. The van der Waals surface area contributed by atoms with Crippen LogP contribution in [-0.2, 0) is 4.74 Å². The van der Waals surface area contributed by atoms with E-state index in [1.807, 2.05) is 0 Å². The summed E-state index contributed by atoms with van der Waals surface area (Å²) in [6.07, 6.45) is 6.42. The number of carbonyl (C=O) groups excluding carboxylic acids is 2. The fraction of sp³-hybridized carbons (Fsp3) is 0.478. The highest BCUT2D eigenvalue weighted by Crippen LogP contribution is 2.25. The van der Waals surface area contributed by atoms with Crippen LogP contribution in [0.4, 0.5) is 21.0 Å². The molecule has 0 saturated heterocycles. The molecule has 3 rings (SSSR count). The first kappa shape index (κ1) is 25.8. The van der Waals surface area contributed by atoms with Crippen molar-refractivity contribution in [2.24, 2.45) is 5.73 Å². The Morgan fingerprint density at radius 1 is 1.15 bits per heavy atom. The van der Waals surface area contributed by atoms with E-state index in [0.29, 0.717) is 12.0 Å². The van der Waals surface area contributed by atoms with Gasteiger partial charge in [0.05, 0.1) is 18.2 Å². The average Bonchev–Trinajstić information content (AvgIpc) is 2.73. The predicted octanol–water partition coefficient (Wildman–Crippen LogP) is 4.06. The Kier molecular flexibility index (Phi) is 8.95. The Balaban J connectivity index is 0.000000414. The van der Waals surface area contributed by atoms with Crippen molar-refractivity contribution < 1.29 is 23.5 Å². The van der Waals surface area contributed by atoms with Crippen LogP contribution in [0.3, 0.4) is 0 Å². The van der Waals surface area contributed by atoms with Crippen LogP contribution < -0.4 is 21.5 Å². The lowest BCUT2D eigenvalue weighted by atomic mass is 9.96. The highest BCUT2D eigenvalue weighted by atomic mass is 19.1. The summed E-state index contributed by atoms with van der Waals surface area (Å²) in [6, 6.07) is 4.08. The van der Waals surface area contributed by atoms with Gasteiger partial charge in [-0.15, -0.1) is 0 Å². The van der Waals surface area contributed by atoms with Gasteiger partial charge < -0.3 is 26.3 Å². The summed E-state index contributed by atoms with van der Waals surface area (Å²) in [5.41, 5.74) is 10.4. The van der Waals surface area contributed by atoms with Crippen molar-refractivity contribution in [3.8, 4) is 5.75 Å². The number of nitrogens with zero attached hydrogens (tertiary/aromatic N) is 2. The third-order valence-electron chi connectivity index (χ3n) is 4.81. The molecule has 2 aromatic rings. The summed E-state index contributed by atoms with van der Waals surface area (Å²) >= 11 is 0. The summed E-state index contributed by atoms with van der Waals surface area (Å²) in [7, 11) is 1.42. The average molecular weight is 462 g/mol. The molecule has 180 valence electrons. The molecular weight excluding hydrogens is 429 g/mol. The highest BCUT2D eigenvalue weighted by Gasteiger charge is 2.21. The van der Waals surface area contributed by atoms with Crippen molar-refractivity contribution in [3.05, 3.63) is 41.3 Å². The number of halogens is 1. The van der Waals surface area contributed by atoms with Gasteiger partial charge in [0.2, 0.25) is 11.7 Å². The topological polar surface area (TPSA) is 142 Å². The van der Waals surface area contributed by atoms with E-state index < -0.39 is 23.3 Å². The van der Waals surface area contributed by atoms with E-state index in [0.717, 1.165) is 18.9 Å². The highest BCUT2D eigenvalue weighted by molar-refractivity contribution is 6.13. The smallest absolute Gasteiger partial charge is 0.405 e. The molecule has 1 aliphatic carbocycles. The zero-order valence-electron chi connectivity index (χ0n) is 19.5. The number of hydrogen-bond donors (Lipinski definition) is 3. The van der Waals surface area contributed by atoms with Crippen LogP contribution in [-0.4, -0.2) is 40.6 Å². The molecule has 9 nitrogen and oxygen atoms in total. The number of amides is 1. The minimum Gasteiger partial charge on any atom is -0.496 e. The molecule has 0 bridgehead atoms. The number of ether oxygens (including phenoxy) is 2. The third-order valence-corrected chi connectivity index (χ3v) is 4.81. The molecular formula is C23H32FN5O4. The van der Waals surface area contributed by atoms with Gasteiger partial charge in [-0.2, -0.15) is 4.98 Å². The van der Waals surface area contributed by atoms with Crippen LogP contribution in [0.2, 0.25) is 0 Å². The molecule has 33 heavy (non-hydrogen) atoms. The van der Waals surface area contributed by atoms with E-state index in [1.165, 1.54) is 44.7 Å². The number of anilines is 2. The van der Waals surface area contributed by atoms with Crippen molar-refractivity contribution in [2.75, 3.05) is 18.2 Å². The monoisotopic (exact) mass is 461 g/mol. The third kappa shape index (κ3) is 8.21. The Morgan fingerprint density at radius 2 is 1.82 bits per heavy atom. The fourth-order valence-electron chi connectivity index (χ4n) is 3.37. The number of primary amides is 1.